The zero-order chi connectivity index (χ0) is 10.1. The molecule has 0 radical (unpaired) electrons. The Morgan fingerprint density at radius 2 is 2.00 bits per heavy atom. The van der Waals surface area contributed by atoms with Crippen LogP contribution in [0.3, 0.4) is 0 Å². The third kappa shape index (κ3) is 1.46. The topological polar surface area (TPSA) is 21.3 Å². The summed E-state index contributed by atoms with van der Waals surface area (Å²) in [6.45, 7) is 1.42. The molecule has 76 valence electrons. The summed E-state index contributed by atoms with van der Waals surface area (Å²) in [7, 11) is 1.32. The minimum absolute atomic E-state index is 0.0430. The fraction of sp³-hybridized carbons (Fsp3) is 0.400. The Hall–Kier alpha value is -1.16. The molecule has 0 atom stereocenters. The molecule has 1 fully saturated rings. The van der Waals surface area contributed by atoms with Crippen LogP contribution < -0.4 is 10.1 Å². The van der Waals surface area contributed by atoms with Gasteiger partial charge in [0.2, 0.25) is 0 Å². The van der Waals surface area contributed by atoms with E-state index in [4.69, 9.17) is 0 Å². The highest BCUT2D eigenvalue weighted by molar-refractivity contribution is 5.34. The Labute approximate surface area is 80.9 Å². The molecule has 1 N–H and O–H groups in total. The predicted octanol–water partition coefficient (Wildman–Crippen LogP) is 1.66. The van der Waals surface area contributed by atoms with Crippen LogP contribution in [0.25, 0.3) is 0 Å². The van der Waals surface area contributed by atoms with E-state index in [2.05, 4.69) is 10.1 Å². The number of methoxy groups -OCH3 is 1. The lowest BCUT2D eigenvalue weighted by Crippen LogP contribution is -2.40. The molecule has 2 rings (SSSR count). The second-order valence-corrected chi connectivity index (χ2v) is 3.36. The van der Waals surface area contributed by atoms with Crippen LogP contribution in [0, 0.1) is 11.6 Å². The number of rotatable bonds is 2. The lowest BCUT2D eigenvalue weighted by Gasteiger charge is -2.27. The molecule has 1 heterocycles. The van der Waals surface area contributed by atoms with E-state index in [0.29, 0.717) is 18.7 Å². The maximum atomic E-state index is 13.4. The molecule has 1 aliphatic rings. The van der Waals surface area contributed by atoms with Crippen LogP contribution in [-0.4, -0.2) is 20.2 Å². The quantitative estimate of drug-likeness (QED) is 0.782. The van der Waals surface area contributed by atoms with E-state index in [9.17, 15) is 8.78 Å². The SMILES string of the molecule is COc1cc(F)c(C2CNC2)cc1F. The Bertz CT molecular complexity index is 350. The summed E-state index contributed by atoms with van der Waals surface area (Å²) in [5.41, 5.74) is 0.432. The lowest BCUT2D eigenvalue weighted by molar-refractivity contribution is 0.376. The first-order valence-corrected chi connectivity index (χ1v) is 4.46. The maximum Gasteiger partial charge on any atom is 0.165 e. The normalized spacial score (nSPS) is 16.5. The van der Waals surface area contributed by atoms with Crippen molar-refractivity contribution in [2.24, 2.45) is 0 Å². The highest BCUT2D eigenvalue weighted by Crippen LogP contribution is 2.28. The van der Waals surface area contributed by atoms with Gasteiger partial charge >= 0.3 is 0 Å². The highest BCUT2D eigenvalue weighted by Gasteiger charge is 2.23. The van der Waals surface area contributed by atoms with Crippen LogP contribution in [0.1, 0.15) is 11.5 Å². The summed E-state index contributed by atoms with van der Waals surface area (Å²) in [6, 6.07) is 2.32. The molecule has 2 nitrogen and oxygen atoms in total. The van der Waals surface area contributed by atoms with E-state index in [1.165, 1.54) is 13.2 Å². The third-order valence-corrected chi connectivity index (χ3v) is 2.49. The maximum absolute atomic E-state index is 13.4. The smallest absolute Gasteiger partial charge is 0.165 e. The van der Waals surface area contributed by atoms with Crippen LogP contribution >= 0.6 is 0 Å². The lowest BCUT2D eigenvalue weighted by atomic mass is 9.93. The van der Waals surface area contributed by atoms with Crippen molar-refractivity contribution in [3.63, 3.8) is 0 Å². The first-order chi connectivity index (χ1) is 6.72. The molecule has 0 aromatic heterocycles. The van der Waals surface area contributed by atoms with Gasteiger partial charge in [0, 0.05) is 25.1 Å². The Kier molecular flexibility index (Phi) is 2.37. The van der Waals surface area contributed by atoms with E-state index in [1.807, 2.05) is 0 Å². The number of hydrogen-bond acceptors (Lipinski definition) is 2. The van der Waals surface area contributed by atoms with Crippen LogP contribution in [0.15, 0.2) is 12.1 Å². The average Bonchev–Trinajstić information content (AvgIpc) is 2.08. The van der Waals surface area contributed by atoms with Gasteiger partial charge < -0.3 is 10.1 Å². The van der Waals surface area contributed by atoms with Crippen molar-refractivity contribution < 1.29 is 13.5 Å². The molecule has 1 aliphatic heterocycles. The van der Waals surface area contributed by atoms with Gasteiger partial charge in [0.25, 0.3) is 0 Å². The number of benzene rings is 1. The van der Waals surface area contributed by atoms with Crippen molar-refractivity contribution in [2.75, 3.05) is 20.2 Å². The van der Waals surface area contributed by atoms with Crippen molar-refractivity contribution in [1.29, 1.82) is 0 Å². The molecule has 1 aromatic carbocycles. The molecule has 14 heavy (non-hydrogen) atoms. The number of halogens is 2. The van der Waals surface area contributed by atoms with Gasteiger partial charge in [-0.1, -0.05) is 0 Å². The molecular weight excluding hydrogens is 188 g/mol. The van der Waals surface area contributed by atoms with E-state index >= 15 is 0 Å². The van der Waals surface area contributed by atoms with E-state index in [1.54, 1.807) is 0 Å². The van der Waals surface area contributed by atoms with Gasteiger partial charge in [0.05, 0.1) is 7.11 Å². The van der Waals surface area contributed by atoms with Gasteiger partial charge in [-0.2, -0.15) is 0 Å². The van der Waals surface area contributed by atoms with E-state index < -0.39 is 11.6 Å². The van der Waals surface area contributed by atoms with Gasteiger partial charge in [0.15, 0.2) is 11.6 Å². The second kappa shape index (κ2) is 3.53. The fourth-order valence-corrected chi connectivity index (χ4v) is 1.52. The molecule has 1 saturated heterocycles. The van der Waals surface area contributed by atoms with Crippen molar-refractivity contribution in [3.05, 3.63) is 29.3 Å². The average molecular weight is 199 g/mol. The molecule has 1 aromatic rings. The zero-order valence-electron chi connectivity index (χ0n) is 7.81. The van der Waals surface area contributed by atoms with Gasteiger partial charge in [-0.15, -0.1) is 0 Å². The fourth-order valence-electron chi connectivity index (χ4n) is 1.52. The number of hydrogen-bond donors (Lipinski definition) is 1. The molecule has 4 heteroatoms. The predicted molar refractivity (Wildman–Crippen MR) is 48.5 cm³/mol. The molecule has 0 amide bonds. The van der Waals surface area contributed by atoms with Gasteiger partial charge in [-0.05, 0) is 11.6 Å². The Balaban J connectivity index is 2.36. The van der Waals surface area contributed by atoms with Gasteiger partial charge in [-0.25, -0.2) is 8.78 Å². The van der Waals surface area contributed by atoms with Crippen molar-refractivity contribution in [1.82, 2.24) is 5.32 Å². The second-order valence-electron chi connectivity index (χ2n) is 3.36. The number of ether oxygens (including phenoxy) is 1. The molecule has 0 spiro atoms. The largest absolute Gasteiger partial charge is 0.494 e. The minimum atomic E-state index is -0.504. The Morgan fingerprint density at radius 1 is 1.29 bits per heavy atom. The molecule has 0 bridgehead atoms. The summed E-state index contributed by atoms with van der Waals surface area (Å²) in [6.07, 6.45) is 0. The van der Waals surface area contributed by atoms with Gasteiger partial charge in [0.1, 0.15) is 5.82 Å². The van der Waals surface area contributed by atoms with E-state index in [0.717, 1.165) is 6.07 Å². The standard InChI is InChI=1S/C10H11F2NO/c1-14-10-3-8(11)7(2-9(10)12)6-4-13-5-6/h2-3,6,13H,4-5H2,1H3. The molecule has 0 saturated carbocycles. The first kappa shape index (κ1) is 9.40. The third-order valence-electron chi connectivity index (χ3n) is 2.49. The van der Waals surface area contributed by atoms with Crippen molar-refractivity contribution in [2.45, 2.75) is 5.92 Å². The van der Waals surface area contributed by atoms with Gasteiger partial charge in [-0.3, -0.25) is 0 Å². The summed E-state index contributed by atoms with van der Waals surface area (Å²) in [5, 5.41) is 3.01. The molecule has 0 aliphatic carbocycles. The number of nitrogens with one attached hydrogen (secondary N) is 1. The van der Waals surface area contributed by atoms with Crippen molar-refractivity contribution in [3.8, 4) is 5.75 Å². The summed E-state index contributed by atoms with van der Waals surface area (Å²) in [4.78, 5) is 0. The molecular formula is C10H11F2NO. The highest BCUT2D eigenvalue weighted by atomic mass is 19.1. The van der Waals surface area contributed by atoms with Crippen LogP contribution in [0.4, 0.5) is 8.78 Å². The monoisotopic (exact) mass is 199 g/mol. The first-order valence-electron chi connectivity index (χ1n) is 4.46. The summed E-state index contributed by atoms with van der Waals surface area (Å²) in [5.74, 6) is -0.848. The van der Waals surface area contributed by atoms with Crippen molar-refractivity contribution >= 4 is 0 Å². The zero-order valence-corrected chi connectivity index (χ0v) is 7.81. The summed E-state index contributed by atoms with van der Waals surface area (Å²) >= 11 is 0. The summed E-state index contributed by atoms with van der Waals surface area (Å²) < 4.78 is 31.3. The molecule has 0 unspecified atom stereocenters. The Morgan fingerprint density at radius 3 is 2.50 bits per heavy atom. The van der Waals surface area contributed by atoms with Crippen LogP contribution in [0.2, 0.25) is 0 Å². The minimum Gasteiger partial charge on any atom is -0.494 e. The van der Waals surface area contributed by atoms with E-state index in [-0.39, 0.29) is 11.7 Å². The van der Waals surface area contributed by atoms with Crippen LogP contribution in [0.5, 0.6) is 5.75 Å². The van der Waals surface area contributed by atoms with Crippen LogP contribution in [-0.2, 0) is 0 Å².